The first-order valence-corrected chi connectivity index (χ1v) is 11.7. The van der Waals surface area contributed by atoms with Crippen molar-refractivity contribution < 1.29 is 9.53 Å². The zero-order chi connectivity index (χ0) is 21.2. The number of carbonyl (C=O) groups is 1. The molecule has 2 aliphatic heterocycles. The second kappa shape index (κ2) is 12.4. The van der Waals surface area contributed by atoms with E-state index in [4.69, 9.17) is 9.73 Å². The molecule has 2 aliphatic rings. The number of aliphatic imine (C=N–C) groups is 1. The van der Waals surface area contributed by atoms with Gasteiger partial charge in [0.2, 0.25) is 5.91 Å². The summed E-state index contributed by atoms with van der Waals surface area (Å²) in [7, 11) is 0. The molecule has 0 radical (unpaired) electrons. The molecule has 2 fully saturated rings. The highest BCUT2D eigenvalue weighted by atomic mass is 16.5. The minimum Gasteiger partial charge on any atom is -0.379 e. The Morgan fingerprint density at radius 3 is 2.45 bits per heavy atom. The summed E-state index contributed by atoms with van der Waals surface area (Å²) < 4.78 is 5.55. The predicted octanol–water partition coefficient (Wildman–Crippen LogP) is 2.08. The van der Waals surface area contributed by atoms with E-state index in [0.29, 0.717) is 24.0 Å². The Morgan fingerprint density at radius 1 is 1.17 bits per heavy atom. The number of carbonyl (C=O) groups excluding carboxylic acids is 1. The molecule has 0 bridgehead atoms. The number of piperidine rings is 1. The number of ether oxygens (including phenoxy) is 1. The number of nitrogens with zero attached hydrogens (tertiary/aromatic N) is 3. The van der Waals surface area contributed by atoms with Gasteiger partial charge in [-0.05, 0) is 46.5 Å². The second-order valence-corrected chi connectivity index (χ2v) is 8.49. The fourth-order valence-electron chi connectivity index (χ4n) is 4.38. The molecule has 2 heterocycles. The fraction of sp³-hybridized carbons (Fsp3) is 0.909. The average Bonchev–Trinajstić information content (AvgIpc) is 2.73. The SMILES string of the molecule is CCNC(=NCC(C)N1CCOCC1C)NC1CCN(C(=O)C(CC)CC)CC1. The van der Waals surface area contributed by atoms with E-state index in [0.717, 1.165) is 77.6 Å². The first-order valence-electron chi connectivity index (χ1n) is 11.7. The number of rotatable bonds is 8. The van der Waals surface area contributed by atoms with Gasteiger partial charge in [0.15, 0.2) is 5.96 Å². The van der Waals surface area contributed by atoms with Crippen molar-refractivity contribution in [1.82, 2.24) is 20.4 Å². The lowest BCUT2D eigenvalue weighted by Gasteiger charge is -2.37. The maximum atomic E-state index is 12.6. The Labute approximate surface area is 177 Å². The molecule has 29 heavy (non-hydrogen) atoms. The van der Waals surface area contributed by atoms with Gasteiger partial charge >= 0.3 is 0 Å². The lowest BCUT2D eigenvalue weighted by Crippen LogP contribution is -2.51. The van der Waals surface area contributed by atoms with Crippen LogP contribution >= 0.6 is 0 Å². The van der Waals surface area contributed by atoms with Gasteiger partial charge in [-0.1, -0.05) is 13.8 Å². The molecule has 168 valence electrons. The predicted molar refractivity (Wildman–Crippen MR) is 119 cm³/mol. The third kappa shape index (κ3) is 7.14. The van der Waals surface area contributed by atoms with Crippen LogP contribution in [-0.4, -0.2) is 85.7 Å². The summed E-state index contributed by atoms with van der Waals surface area (Å²) >= 11 is 0. The zero-order valence-corrected chi connectivity index (χ0v) is 19.2. The van der Waals surface area contributed by atoms with Gasteiger partial charge in [-0.2, -0.15) is 0 Å². The van der Waals surface area contributed by atoms with Gasteiger partial charge in [0.05, 0.1) is 19.8 Å². The minimum atomic E-state index is 0.183. The van der Waals surface area contributed by atoms with Crippen LogP contribution in [0.5, 0.6) is 0 Å². The Balaban J connectivity index is 1.84. The lowest BCUT2D eigenvalue weighted by atomic mass is 9.98. The van der Waals surface area contributed by atoms with E-state index in [1.165, 1.54) is 0 Å². The standard InChI is InChI=1S/C22H43N5O2/c1-6-19(7-2)21(28)26-11-9-20(10-12-26)25-22(23-8-3)24-15-17(4)27-13-14-29-16-18(27)5/h17-20H,6-16H2,1-5H3,(H2,23,24,25). The lowest BCUT2D eigenvalue weighted by molar-refractivity contribution is -0.136. The molecule has 2 rings (SSSR count). The highest BCUT2D eigenvalue weighted by Gasteiger charge is 2.27. The maximum absolute atomic E-state index is 12.6. The van der Waals surface area contributed by atoms with Crippen LogP contribution in [0.4, 0.5) is 0 Å². The van der Waals surface area contributed by atoms with Crippen molar-refractivity contribution in [3.8, 4) is 0 Å². The van der Waals surface area contributed by atoms with E-state index in [1.807, 2.05) is 0 Å². The molecule has 7 nitrogen and oxygen atoms in total. The molecule has 0 aromatic heterocycles. The van der Waals surface area contributed by atoms with Crippen molar-refractivity contribution in [3.05, 3.63) is 0 Å². The fourth-order valence-corrected chi connectivity index (χ4v) is 4.38. The van der Waals surface area contributed by atoms with Gasteiger partial charge in [-0.25, -0.2) is 0 Å². The number of hydrogen-bond donors (Lipinski definition) is 2. The maximum Gasteiger partial charge on any atom is 0.225 e. The van der Waals surface area contributed by atoms with Crippen LogP contribution in [-0.2, 0) is 9.53 Å². The van der Waals surface area contributed by atoms with Crippen molar-refractivity contribution in [2.24, 2.45) is 10.9 Å². The second-order valence-electron chi connectivity index (χ2n) is 8.49. The first kappa shape index (κ1) is 23.9. The minimum absolute atomic E-state index is 0.183. The van der Waals surface area contributed by atoms with Gasteiger partial charge < -0.3 is 20.3 Å². The van der Waals surface area contributed by atoms with E-state index in [9.17, 15) is 4.79 Å². The molecular weight excluding hydrogens is 366 g/mol. The van der Waals surface area contributed by atoms with E-state index < -0.39 is 0 Å². The summed E-state index contributed by atoms with van der Waals surface area (Å²) in [5, 5.41) is 6.99. The van der Waals surface area contributed by atoms with Crippen LogP contribution in [0, 0.1) is 5.92 Å². The van der Waals surface area contributed by atoms with Crippen LogP contribution in [0.1, 0.15) is 60.3 Å². The number of nitrogens with one attached hydrogen (secondary N) is 2. The van der Waals surface area contributed by atoms with Crippen molar-refractivity contribution >= 4 is 11.9 Å². The molecule has 0 aliphatic carbocycles. The van der Waals surface area contributed by atoms with Gasteiger partial charge in [0, 0.05) is 50.2 Å². The summed E-state index contributed by atoms with van der Waals surface area (Å²) in [5.41, 5.74) is 0. The van der Waals surface area contributed by atoms with Crippen LogP contribution in [0.3, 0.4) is 0 Å². The summed E-state index contributed by atoms with van der Waals surface area (Å²) in [5.74, 6) is 1.41. The molecule has 7 heteroatoms. The van der Waals surface area contributed by atoms with Crippen LogP contribution < -0.4 is 10.6 Å². The van der Waals surface area contributed by atoms with Crippen molar-refractivity contribution in [1.29, 1.82) is 0 Å². The average molecular weight is 410 g/mol. The normalized spacial score (nSPS) is 23.3. The molecule has 1 amide bonds. The van der Waals surface area contributed by atoms with Gasteiger partial charge in [0.1, 0.15) is 0 Å². The van der Waals surface area contributed by atoms with Gasteiger partial charge in [0.25, 0.3) is 0 Å². The molecule has 2 unspecified atom stereocenters. The Morgan fingerprint density at radius 2 is 1.86 bits per heavy atom. The zero-order valence-electron chi connectivity index (χ0n) is 19.2. The molecule has 0 aromatic rings. The molecule has 0 spiro atoms. The van der Waals surface area contributed by atoms with Crippen molar-refractivity contribution in [2.75, 3.05) is 45.9 Å². The van der Waals surface area contributed by atoms with E-state index in [1.54, 1.807) is 0 Å². The Hall–Kier alpha value is -1.34. The monoisotopic (exact) mass is 409 g/mol. The van der Waals surface area contributed by atoms with Crippen molar-refractivity contribution in [3.63, 3.8) is 0 Å². The highest BCUT2D eigenvalue weighted by molar-refractivity contribution is 5.80. The van der Waals surface area contributed by atoms with Crippen LogP contribution in [0.25, 0.3) is 0 Å². The smallest absolute Gasteiger partial charge is 0.225 e. The van der Waals surface area contributed by atoms with Gasteiger partial charge in [-0.3, -0.25) is 14.7 Å². The molecule has 2 atom stereocenters. The molecule has 0 saturated carbocycles. The summed E-state index contributed by atoms with van der Waals surface area (Å²) in [4.78, 5) is 22.0. The van der Waals surface area contributed by atoms with Crippen molar-refractivity contribution in [2.45, 2.75) is 78.4 Å². The number of morpholine rings is 1. The summed E-state index contributed by atoms with van der Waals surface area (Å²) in [6.07, 6.45) is 3.83. The van der Waals surface area contributed by atoms with Gasteiger partial charge in [-0.15, -0.1) is 0 Å². The first-order chi connectivity index (χ1) is 14.0. The number of guanidine groups is 1. The van der Waals surface area contributed by atoms with Crippen LogP contribution in [0.15, 0.2) is 4.99 Å². The largest absolute Gasteiger partial charge is 0.379 e. The molecule has 0 aromatic carbocycles. The molecule has 2 N–H and O–H groups in total. The third-order valence-electron chi connectivity index (χ3n) is 6.33. The quantitative estimate of drug-likeness (QED) is 0.474. The van der Waals surface area contributed by atoms with Crippen LogP contribution in [0.2, 0.25) is 0 Å². The molecule has 2 saturated heterocycles. The molecular formula is C22H43N5O2. The third-order valence-corrected chi connectivity index (χ3v) is 6.33. The van der Waals surface area contributed by atoms with E-state index in [2.05, 4.69) is 55.1 Å². The number of likely N-dealkylation sites (tertiary alicyclic amines) is 1. The van der Waals surface area contributed by atoms with E-state index in [-0.39, 0.29) is 5.92 Å². The highest BCUT2D eigenvalue weighted by Crippen LogP contribution is 2.17. The number of amides is 1. The Bertz CT molecular complexity index is 515. The number of hydrogen-bond acceptors (Lipinski definition) is 4. The summed E-state index contributed by atoms with van der Waals surface area (Å²) in [6, 6.07) is 1.21. The Kier molecular flexibility index (Phi) is 10.2. The topological polar surface area (TPSA) is 69.2 Å². The van der Waals surface area contributed by atoms with E-state index >= 15 is 0 Å². The summed E-state index contributed by atoms with van der Waals surface area (Å²) in [6.45, 7) is 16.7.